The lowest BCUT2D eigenvalue weighted by Crippen LogP contribution is -2.57. The van der Waals surface area contributed by atoms with Crippen LogP contribution >= 0.6 is 11.3 Å². The standard InChI is InChI=1S/C66H87F3N6O8S/c1-41-32-49-48-23-19-18-22-45(48)33-50(49)57(75(41)39-66(9,10)69)56-51(67)34-46(35-52(56)68)81-31-20-16-14-12-11-13-15-17-25-55(76)72-59(64(3,4)5)61(78)74-38-47(82-62(79)53-24-21-30-73(53)63(80)83-65(6,7)8)36-54(74)60(77)70-37-43-26-28-44(29-27-43)58-42(2)71-40-84-58/h18-19,22-23,26-29,34-35,40-41,47,53-54,57,59H,11-17,20-21,24-25,30-33,36-39H2,1-10H3,(H,70,77)(H,72,76)/t41-,47-,53+,54+,57+,59-/m1/s1. The number of halogens is 3. The molecule has 84 heavy (non-hydrogen) atoms. The molecule has 6 atom stereocenters. The number of alkyl halides is 1. The van der Waals surface area contributed by atoms with Crippen LogP contribution in [-0.4, -0.2) is 117 Å². The van der Waals surface area contributed by atoms with Crippen molar-refractivity contribution >= 4 is 46.7 Å². The zero-order valence-corrected chi connectivity index (χ0v) is 51.7. The summed E-state index contributed by atoms with van der Waals surface area (Å²) < 4.78 is 65.1. The first-order valence-corrected chi connectivity index (χ1v) is 31.1. The quantitative estimate of drug-likeness (QED) is 0.0541. The van der Waals surface area contributed by atoms with Gasteiger partial charge in [0, 0.05) is 56.2 Å². The summed E-state index contributed by atoms with van der Waals surface area (Å²) >= 11 is 1.55. The van der Waals surface area contributed by atoms with Gasteiger partial charge in [0.05, 0.1) is 35.3 Å². The molecule has 0 radical (unpaired) electrons. The van der Waals surface area contributed by atoms with E-state index in [1.165, 1.54) is 35.8 Å². The number of carbonyl (C=O) groups is 5. The van der Waals surface area contributed by atoms with Gasteiger partial charge in [0.1, 0.15) is 52.9 Å². The van der Waals surface area contributed by atoms with Crippen molar-refractivity contribution in [3.8, 4) is 16.2 Å². The Morgan fingerprint density at radius 1 is 0.845 bits per heavy atom. The highest BCUT2D eigenvalue weighted by Crippen LogP contribution is 2.50. The van der Waals surface area contributed by atoms with Crippen LogP contribution in [0.3, 0.4) is 0 Å². The third-order valence-corrected chi connectivity index (χ3v) is 17.4. The van der Waals surface area contributed by atoms with Gasteiger partial charge in [-0.3, -0.25) is 24.2 Å². The number of ether oxygens (including phenoxy) is 3. The average molecular weight is 1180 g/mol. The minimum absolute atomic E-state index is 0.0285. The topological polar surface area (TPSA) is 160 Å². The summed E-state index contributed by atoms with van der Waals surface area (Å²) in [6.07, 6.45) is 7.81. The van der Waals surface area contributed by atoms with E-state index in [0.717, 1.165) is 82.5 Å². The molecule has 0 unspecified atom stereocenters. The Morgan fingerprint density at radius 2 is 1.51 bits per heavy atom. The van der Waals surface area contributed by atoms with E-state index in [4.69, 9.17) is 14.2 Å². The molecule has 4 heterocycles. The lowest BCUT2D eigenvalue weighted by Gasteiger charge is -2.44. The molecule has 3 aliphatic heterocycles. The first kappa shape index (κ1) is 63.7. The van der Waals surface area contributed by atoms with Crippen LogP contribution in [0.4, 0.5) is 18.0 Å². The molecule has 0 saturated carbocycles. The van der Waals surface area contributed by atoms with Crippen molar-refractivity contribution in [2.45, 2.75) is 213 Å². The van der Waals surface area contributed by atoms with Crippen LogP contribution in [0.15, 0.2) is 71.7 Å². The molecule has 4 aromatic rings. The lowest BCUT2D eigenvalue weighted by molar-refractivity contribution is -0.154. The minimum atomic E-state index is -1.57. The van der Waals surface area contributed by atoms with E-state index >= 15 is 13.2 Å². The van der Waals surface area contributed by atoms with Crippen molar-refractivity contribution in [1.82, 2.24) is 30.3 Å². The molecule has 1 aromatic heterocycles. The molecule has 18 heteroatoms. The van der Waals surface area contributed by atoms with Crippen molar-refractivity contribution in [1.29, 1.82) is 0 Å². The number of nitrogens with zero attached hydrogens (tertiary/aromatic N) is 4. The lowest BCUT2D eigenvalue weighted by atomic mass is 9.84. The number of likely N-dealkylation sites (tertiary alicyclic amines) is 2. The number of rotatable bonds is 23. The van der Waals surface area contributed by atoms with Gasteiger partial charge in [-0.1, -0.05) is 108 Å². The Hall–Kier alpha value is -6.27. The smallest absolute Gasteiger partial charge is 0.411 e. The number of aromatic nitrogens is 1. The zero-order chi connectivity index (χ0) is 60.7. The molecule has 0 bridgehead atoms. The summed E-state index contributed by atoms with van der Waals surface area (Å²) in [4.78, 5) is 79.5. The summed E-state index contributed by atoms with van der Waals surface area (Å²) in [6.45, 7) is 18.6. The second-order valence-corrected chi connectivity index (χ2v) is 26.9. The van der Waals surface area contributed by atoms with Crippen molar-refractivity contribution in [3.05, 3.63) is 111 Å². The van der Waals surface area contributed by atoms with Gasteiger partial charge in [0.2, 0.25) is 17.7 Å². The number of aryl methyl sites for hydroxylation is 1. The Kier molecular flexibility index (Phi) is 20.8. The molecule has 2 saturated heterocycles. The van der Waals surface area contributed by atoms with Gasteiger partial charge >= 0.3 is 12.1 Å². The van der Waals surface area contributed by atoms with Crippen LogP contribution < -0.4 is 15.4 Å². The Balaban J connectivity index is 0.794. The number of fused-ring (bicyclic) bond motifs is 2. The van der Waals surface area contributed by atoms with E-state index in [0.29, 0.717) is 51.7 Å². The SMILES string of the molecule is Cc1ncsc1-c1ccc(CNC(=O)[C@@H]2C[C@@H](OC(=O)[C@@H]3CCCN3C(=O)OC(C)(C)C)CN2C(=O)[C@@H](NC(=O)CCCCCCCCCCOc2cc(F)c([C@@H]3C4=C(C[C@@H](C)N3CC(C)(C)F)c3ccccc3C4)c(F)c2)C(C)(C)C)cc1. The maximum absolute atomic E-state index is 16.2. The predicted molar refractivity (Wildman–Crippen MR) is 321 cm³/mol. The molecular formula is C66H87F3N6O8S. The van der Waals surface area contributed by atoms with Gasteiger partial charge in [-0.25, -0.2) is 27.7 Å². The van der Waals surface area contributed by atoms with Crippen molar-refractivity contribution in [2.75, 3.05) is 26.2 Å². The molecule has 456 valence electrons. The summed E-state index contributed by atoms with van der Waals surface area (Å²) in [5.41, 5.74) is 5.71. The summed E-state index contributed by atoms with van der Waals surface area (Å²) in [5, 5.41) is 5.99. The number of thiazole rings is 1. The summed E-state index contributed by atoms with van der Waals surface area (Å²) in [6, 6.07) is 14.7. The number of carbonyl (C=O) groups excluding carboxylic acids is 5. The molecule has 1 aliphatic carbocycles. The van der Waals surface area contributed by atoms with Crippen LogP contribution in [0.2, 0.25) is 0 Å². The Morgan fingerprint density at radius 3 is 2.15 bits per heavy atom. The molecule has 3 aromatic carbocycles. The molecule has 2 N–H and O–H groups in total. The highest BCUT2D eigenvalue weighted by molar-refractivity contribution is 7.13. The number of hydrogen-bond acceptors (Lipinski definition) is 11. The molecule has 4 aliphatic rings. The van der Waals surface area contributed by atoms with E-state index in [1.807, 2.05) is 75.9 Å². The number of esters is 1. The van der Waals surface area contributed by atoms with Crippen LogP contribution in [0.5, 0.6) is 5.75 Å². The van der Waals surface area contributed by atoms with Crippen molar-refractivity contribution < 1.29 is 51.4 Å². The van der Waals surface area contributed by atoms with E-state index < -0.39 is 82.5 Å². The minimum Gasteiger partial charge on any atom is -0.493 e. The largest absolute Gasteiger partial charge is 0.493 e. The van der Waals surface area contributed by atoms with Gasteiger partial charge < -0.3 is 29.7 Å². The number of benzene rings is 3. The van der Waals surface area contributed by atoms with E-state index in [2.05, 4.69) is 27.8 Å². The summed E-state index contributed by atoms with van der Waals surface area (Å²) in [7, 11) is 0. The zero-order valence-electron chi connectivity index (χ0n) is 50.8. The van der Waals surface area contributed by atoms with E-state index in [-0.39, 0.29) is 55.7 Å². The van der Waals surface area contributed by atoms with Gasteiger partial charge in [0.15, 0.2) is 0 Å². The second-order valence-electron chi connectivity index (χ2n) is 26.1. The predicted octanol–water partition coefficient (Wildman–Crippen LogP) is 12.9. The number of unbranched alkanes of at least 4 members (excludes halogenated alkanes) is 7. The Labute approximate surface area is 498 Å². The highest BCUT2D eigenvalue weighted by Gasteiger charge is 2.48. The molecule has 0 spiro atoms. The number of hydrogen-bond donors (Lipinski definition) is 2. The van der Waals surface area contributed by atoms with Gasteiger partial charge in [-0.15, -0.1) is 11.3 Å². The first-order valence-electron chi connectivity index (χ1n) is 30.2. The molecular weight excluding hydrogens is 1090 g/mol. The van der Waals surface area contributed by atoms with Gasteiger partial charge in [-0.2, -0.15) is 0 Å². The van der Waals surface area contributed by atoms with Crippen LogP contribution in [0, 0.1) is 24.0 Å². The molecule has 8 rings (SSSR count). The third kappa shape index (κ3) is 16.2. The number of nitrogens with one attached hydrogen (secondary N) is 2. The monoisotopic (exact) mass is 1180 g/mol. The highest BCUT2D eigenvalue weighted by atomic mass is 32.1. The van der Waals surface area contributed by atoms with Crippen LogP contribution in [0.25, 0.3) is 16.0 Å². The van der Waals surface area contributed by atoms with E-state index in [1.54, 1.807) is 37.6 Å². The van der Waals surface area contributed by atoms with Crippen molar-refractivity contribution in [2.24, 2.45) is 5.41 Å². The van der Waals surface area contributed by atoms with Crippen LogP contribution in [-0.2, 0) is 41.6 Å². The fourth-order valence-electron chi connectivity index (χ4n) is 12.3. The second kappa shape index (κ2) is 27.4. The van der Waals surface area contributed by atoms with Crippen LogP contribution in [0.1, 0.15) is 180 Å². The average Bonchev–Trinajstić information content (AvgIpc) is 4.47. The fraction of sp³-hybridized carbons (Fsp3) is 0.576. The maximum atomic E-state index is 16.2. The van der Waals surface area contributed by atoms with Gasteiger partial charge in [0.25, 0.3) is 0 Å². The number of amides is 4. The first-order chi connectivity index (χ1) is 39.8. The molecule has 2 fully saturated rings. The van der Waals surface area contributed by atoms with Crippen molar-refractivity contribution in [3.63, 3.8) is 0 Å². The molecule has 14 nitrogen and oxygen atoms in total. The Bertz CT molecular complexity index is 3000. The van der Waals surface area contributed by atoms with E-state index in [9.17, 15) is 24.0 Å². The molecule has 4 amide bonds. The fourth-order valence-corrected chi connectivity index (χ4v) is 13.1. The maximum Gasteiger partial charge on any atom is 0.411 e. The van der Waals surface area contributed by atoms with Gasteiger partial charge in [-0.05, 0) is 126 Å². The normalized spacial score (nSPS) is 20.4. The third-order valence-electron chi connectivity index (χ3n) is 16.4. The summed E-state index contributed by atoms with van der Waals surface area (Å²) in [5.74, 6) is -3.06.